The van der Waals surface area contributed by atoms with Crippen LogP contribution in [0.2, 0.25) is 10.0 Å². The van der Waals surface area contributed by atoms with Crippen LogP contribution in [0.1, 0.15) is 18.1 Å². The molecule has 0 aliphatic heterocycles. The SMILES string of the molecule is C/C=C/C=C(c1ccc(N(C)C)c(Cl)c1)c1ccc(N(C)C)c(Cl)c1. The van der Waals surface area contributed by atoms with Crippen LogP contribution >= 0.6 is 23.2 Å². The second kappa shape index (κ2) is 8.46. The van der Waals surface area contributed by atoms with Crippen molar-refractivity contribution in [3.8, 4) is 0 Å². The standard InChI is InChI=1S/C21H24Cl2N2/c1-6-7-8-17(15-9-11-20(24(2)3)18(22)13-15)16-10-12-21(25(4)5)19(23)14-16/h6-14H,1-5H3/b7-6+. The van der Waals surface area contributed by atoms with E-state index >= 15 is 0 Å². The topological polar surface area (TPSA) is 6.48 Å². The van der Waals surface area contributed by atoms with Crippen molar-refractivity contribution in [2.45, 2.75) is 6.92 Å². The minimum Gasteiger partial charge on any atom is -0.376 e. The minimum atomic E-state index is 0.727. The highest BCUT2D eigenvalue weighted by atomic mass is 35.5. The van der Waals surface area contributed by atoms with E-state index in [2.05, 4.69) is 18.2 Å². The molecule has 0 heterocycles. The molecular weight excluding hydrogens is 351 g/mol. The first kappa shape index (κ1) is 19.4. The summed E-state index contributed by atoms with van der Waals surface area (Å²) < 4.78 is 0. The summed E-state index contributed by atoms with van der Waals surface area (Å²) in [4.78, 5) is 4.01. The zero-order valence-corrected chi connectivity index (χ0v) is 16.9. The Morgan fingerprint density at radius 2 is 1.24 bits per heavy atom. The molecule has 25 heavy (non-hydrogen) atoms. The number of benzene rings is 2. The highest BCUT2D eigenvalue weighted by Gasteiger charge is 2.11. The molecule has 132 valence electrons. The molecule has 0 unspecified atom stereocenters. The van der Waals surface area contributed by atoms with Gasteiger partial charge in [0.05, 0.1) is 21.4 Å². The molecule has 0 N–H and O–H groups in total. The largest absolute Gasteiger partial charge is 0.376 e. The molecule has 0 atom stereocenters. The van der Waals surface area contributed by atoms with E-state index in [1.807, 2.05) is 81.3 Å². The lowest BCUT2D eigenvalue weighted by Crippen LogP contribution is -2.09. The third kappa shape index (κ3) is 4.59. The fraction of sp³-hybridized carbons (Fsp3) is 0.238. The maximum atomic E-state index is 6.47. The minimum absolute atomic E-state index is 0.727. The van der Waals surface area contributed by atoms with Crippen molar-refractivity contribution in [2.24, 2.45) is 0 Å². The lowest BCUT2D eigenvalue weighted by molar-refractivity contribution is 1.13. The molecule has 4 heteroatoms. The Kier molecular flexibility index (Phi) is 6.57. The summed E-state index contributed by atoms with van der Waals surface area (Å²) in [6.45, 7) is 2.00. The second-order valence-electron chi connectivity index (χ2n) is 6.23. The van der Waals surface area contributed by atoms with Crippen LogP contribution in [0.15, 0.2) is 54.6 Å². The number of halogens is 2. The first-order chi connectivity index (χ1) is 11.8. The van der Waals surface area contributed by atoms with Crippen molar-refractivity contribution in [2.75, 3.05) is 38.0 Å². The van der Waals surface area contributed by atoms with E-state index in [0.29, 0.717) is 0 Å². The van der Waals surface area contributed by atoms with Gasteiger partial charge in [-0.3, -0.25) is 0 Å². The quantitative estimate of drug-likeness (QED) is 0.580. The van der Waals surface area contributed by atoms with Gasteiger partial charge in [0.25, 0.3) is 0 Å². The Balaban J connectivity index is 2.55. The van der Waals surface area contributed by atoms with Gasteiger partial charge < -0.3 is 9.80 Å². The first-order valence-corrected chi connectivity index (χ1v) is 8.88. The van der Waals surface area contributed by atoms with Gasteiger partial charge >= 0.3 is 0 Å². The Bertz CT molecular complexity index is 746. The van der Waals surface area contributed by atoms with Gasteiger partial charge in [0, 0.05) is 28.2 Å². The van der Waals surface area contributed by atoms with Gasteiger partial charge in [0.15, 0.2) is 0 Å². The smallest absolute Gasteiger partial charge is 0.0645 e. The summed E-state index contributed by atoms with van der Waals surface area (Å²) in [5, 5.41) is 1.45. The second-order valence-corrected chi connectivity index (χ2v) is 7.04. The molecule has 2 nitrogen and oxygen atoms in total. The van der Waals surface area contributed by atoms with Crippen molar-refractivity contribution in [1.29, 1.82) is 0 Å². The molecule has 0 spiro atoms. The summed E-state index contributed by atoms with van der Waals surface area (Å²) in [6.07, 6.45) is 6.12. The van der Waals surface area contributed by atoms with Crippen LogP contribution in [0.4, 0.5) is 11.4 Å². The van der Waals surface area contributed by atoms with Crippen LogP contribution in [0.25, 0.3) is 5.57 Å². The van der Waals surface area contributed by atoms with Crippen LogP contribution in [-0.4, -0.2) is 28.2 Å². The highest BCUT2D eigenvalue weighted by molar-refractivity contribution is 6.34. The summed E-state index contributed by atoms with van der Waals surface area (Å²) in [5.74, 6) is 0. The van der Waals surface area contributed by atoms with Crippen molar-refractivity contribution in [3.63, 3.8) is 0 Å². The summed E-state index contributed by atoms with van der Waals surface area (Å²) >= 11 is 12.9. The molecular formula is C21H24Cl2N2. The third-order valence-electron chi connectivity index (χ3n) is 3.94. The predicted octanol–water partition coefficient (Wildman–Crippen LogP) is 6.13. The van der Waals surface area contributed by atoms with Crippen molar-refractivity contribution < 1.29 is 0 Å². The van der Waals surface area contributed by atoms with Gasteiger partial charge in [-0.1, -0.05) is 53.6 Å². The van der Waals surface area contributed by atoms with Crippen LogP contribution < -0.4 is 9.80 Å². The molecule has 0 saturated heterocycles. The molecule has 0 aliphatic carbocycles. The van der Waals surface area contributed by atoms with Crippen LogP contribution in [-0.2, 0) is 0 Å². The fourth-order valence-electron chi connectivity index (χ4n) is 2.63. The molecule has 0 fully saturated rings. The Morgan fingerprint density at radius 1 is 0.800 bits per heavy atom. The zero-order chi connectivity index (χ0) is 18.6. The van der Waals surface area contributed by atoms with Gasteiger partial charge in [0.1, 0.15) is 0 Å². The maximum absolute atomic E-state index is 6.47. The molecule has 0 bridgehead atoms. The van der Waals surface area contributed by atoms with Gasteiger partial charge in [-0.05, 0) is 47.9 Å². The third-order valence-corrected chi connectivity index (χ3v) is 4.54. The summed E-state index contributed by atoms with van der Waals surface area (Å²) in [7, 11) is 7.93. The average molecular weight is 375 g/mol. The van der Waals surface area contributed by atoms with E-state index < -0.39 is 0 Å². The van der Waals surface area contributed by atoms with Crippen LogP contribution in [0, 0.1) is 0 Å². The number of hydrogen-bond acceptors (Lipinski definition) is 2. The lowest BCUT2D eigenvalue weighted by atomic mass is 9.96. The van der Waals surface area contributed by atoms with Gasteiger partial charge in [-0.2, -0.15) is 0 Å². The maximum Gasteiger partial charge on any atom is 0.0645 e. The van der Waals surface area contributed by atoms with Crippen molar-refractivity contribution in [1.82, 2.24) is 0 Å². The average Bonchev–Trinajstić information content (AvgIpc) is 2.54. The van der Waals surface area contributed by atoms with Crippen molar-refractivity contribution in [3.05, 3.63) is 75.8 Å². The van der Waals surface area contributed by atoms with Crippen LogP contribution in [0.5, 0.6) is 0 Å². The Hall–Kier alpha value is -1.90. The molecule has 0 radical (unpaired) electrons. The Morgan fingerprint density at radius 3 is 1.56 bits per heavy atom. The molecule has 2 aromatic carbocycles. The number of anilines is 2. The molecule has 2 aromatic rings. The molecule has 0 aromatic heterocycles. The number of hydrogen-bond donors (Lipinski definition) is 0. The normalized spacial score (nSPS) is 10.8. The van der Waals surface area contributed by atoms with E-state index in [9.17, 15) is 0 Å². The monoisotopic (exact) mass is 374 g/mol. The number of rotatable bonds is 5. The van der Waals surface area contributed by atoms with Crippen LogP contribution in [0.3, 0.4) is 0 Å². The summed E-state index contributed by atoms with van der Waals surface area (Å²) in [6, 6.07) is 12.3. The van der Waals surface area contributed by atoms with Gasteiger partial charge in [0.2, 0.25) is 0 Å². The molecule has 0 aliphatic rings. The van der Waals surface area contributed by atoms with E-state index in [1.165, 1.54) is 0 Å². The first-order valence-electron chi connectivity index (χ1n) is 8.12. The molecule has 2 rings (SSSR count). The van der Waals surface area contributed by atoms with E-state index in [0.717, 1.165) is 38.1 Å². The fourth-order valence-corrected chi connectivity index (χ4v) is 3.32. The van der Waals surface area contributed by atoms with E-state index in [-0.39, 0.29) is 0 Å². The Labute approximate surface area is 161 Å². The lowest BCUT2D eigenvalue weighted by Gasteiger charge is -2.18. The highest BCUT2D eigenvalue weighted by Crippen LogP contribution is 2.34. The molecule has 0 saturated carbocycles. The van der Waals surface area contributed by atoms with E-state index in [4.69, 9.17) is 23.2 Å². The molecule has 0 amide bonds. The number of allylic oxidation sites excluding steroid dienone is 3. The predicted molar refractivity (Wildman–Crippen MR) is 113 cm³/mol. The summed E-state index contributed by atoms with van der Waals surface area (Å²) in [5.41, 5.74) is 5.19. The van der Waals surface area contributed by atoms with Crippen molar-refractivity contribution >= 4 is 40.1 Å². The van der Waals surface area contributed by atoms with Gasteiger partial charge in [-0.25, -0.2) is 0 Å². The van der Waals surface area contributed by atoms with Gasteiger partial charge in [-0.15, -0.1) is 0 Å². The zero-order valence-electron chi connectivity index (χ0n) is 15.3. The van der Waals surface area contributed by atoms with E-state index in [1.54, 1.807) is 0 Å². The number of nitrogens with zero attached hydrogens (tertiary/aromatic N) is 2.